The third-order valence-corrected chi connectivity index (χ3v) is 15.1. The topological polar surface area (TPSA) is 81.2 Å². The standard InChI is InChI=1S/C58H60N4O4/c1-5-17-35-21-15-22-36(18-6-2)53(35)61-55(63)41-27-25-39-50-46(60-31-13-10-14-32-60)34-44-48-42(56(64)62(58(44)66)54-37(19-7-3)23-16-24-38(54)20-8-4)28-26-40(52(48)50)49-45(59-29-11-9-12-30-59)33-43(57(61)65)47(41)51(39)49/h15-16,21-28,33-34H,5-14,17-20,29-32H2,1-4H3. The van der Waals surface area contributed by atoms with E-state index in [4.69, 9.17) is 0 Å². The molecular formula is C58H60N4O4. The second-order valence-electron chi connectivity index (χ2n) is 19.3. The van der Waals surface area contributed by atoms with Gasteiger partial charge in [-0.2, -0.15) is 0 Å². The van der Waals surface area contributed by atoms with Crippen LogP contribution in [0.4, 0.5) is 22.7 Å². The van der Waals surface area contributed by atoms with Crippen molar-refractivity contribution in [3.63, 3.8) is 0 Å². The molecule has 4 aliphatic rings. The van der Waals surface area contributed by atoms with Crippen LogP contribution in [-0.4, -0.2) is 49.8 Å². The van der Waals surface area contributed by atoms with Crippen molar-refractivity contribution in [3.8, 4) is 0 Å². The molecule has 2 fully saturated rings. The first-order valence-electron chi connectivity index (χ1n) is 25.1. The maximum Gasteiger partial charge on any atom is 0.266 e. The fraction of sp³-hybridized carbons (Fsp3) is 0.379. The molecule has 4 aliphatic heterocycles. The lowest BCUT2D eigenvalue weighted by atomic mass is 9.80. The summed E-state index contributed by atoms with van der Waals surface area (Å²) in [5.74, 6) is -1.12. The van der Waals surface area contributed by atoms with E-state index >= 15 is 19.2 Å². The van der Waals surface area contributed by atoms with Crippen LogP contribution in [0.5, 0.6) is 0 Å². The predicted molar refractivity (Wildman–Crippen MR) is 271 cm³/mol. The first-order valence-corrected chi connectivity index (χ1v) is 25.1. The molecule has 2 saturated heterocycles. The molecule has 0 bridgehead atoms. The number of nitrogens with zero attached hydrogens (tertiary/aromatic N) is 4. The van der Waals surface area contributed by atoms with Crippen LogP contribution in [0.25, 0.3) is 43.1 Å². The summed E-state index contributed by atoms with van der Waals surface area (Å²) in [5.41, 5.74) is 9.72. The van der Waals surface area contributed by atoms with Crippen molar-refractivity contribution in [2.45, 2.75) is 118 Å². The number of piperidine rings is 2. The third-order valence-electron chi connectivity index (χ3n) is 15.1. The molecule has 0 unspecified atom stereocenters. The first kappa shape index (κ1) is 42.4. The van der Waals surface area contributed by atoms with E-state index in [0.29, 0.717) is 33.0 Å². The monoisotopic (exact) mass is 876 g/mol. The average Bonchev–Trinajstić information content (AvgIpc) is 3.34. The van der Waals surface area contributed by atoms with Crippen molar-refractivity contribution >= 4 is 89.5 Å². The summed E-state index contributed by atoms with van der Waals surface area (Å²) in [7, 11) is 0. The molecule has 4 amide bonds. The van der Waals surface area contributed by atoms with Crippen LogP contribution in [0.1, 0.15) is 156 Å². The van der Waals surface area contributed by atoms with E-state index in [1.807, 2.05) is 12.1 Å². The Morgan fingerprint density at radius 3 is 1.05 bits per heavy atom. The lowest BCUT2D eigenvalue weighted by molar-refractivity contribution is 0.0877. The number of anilines is 4. The number of fused-ring (bicyclic) bond motifs is 2. The molecule has 336 valence electrons. The Kier molecular flexibility index (Phi) is 10.8. The molecule has 8 heteroatoms. The highest BCUT2D eigenvalue weighted by molar-refractivity contribution is 6.48. The Balaban J connectivity index is 1.24. The second-order valence-corrected chi connectivity index (χ2v) is 19.3. The average molecular weight is 877 g/mol. The summed E-state index contributed by atoms with van der Waals surface area (Å²) in [4.78, 5) is 69.5. The SMILES string of the molecule is CCCc1cccc(CCC)c1N1C(=O)c2ccc3c4c(N5CCCCC5)cc5c6c(ccc(c7c(N8CCCCC8)cc(c2c37)C1=O)c64)C(=O)N(c1c(CCC)cccc1CCC)C5=O. The molecule has 7 aromatic rings. The zero-order valence-corrected chi connectivity index (χ0v) is 39.1. The lowest BCUT2D eigenvalue weighted by Crippen LogP contribution is -2.42. The highest BCUT2D eigenvalue weighted by Gasteiger charge is 2.42. The fourth-order valence-corrected chi connectivity index (χ4v) is 12.3. The van der Waals surface area contributed by atoms with E-state index in [1.165, 1.54) is 9.80 Å². The number of carbonyl (C=O) groups excluding carboxylic acids is 4. The molecule has 11 rings (SSSR count). The molecule has 0 N–H and O–H groups in total. The van der Waals surface area contributed by atoms with Gasteiger partial charge >= 0.3 is 0 Å². The van der Waals surface area contributed by atoms with Crippen molar-refractivity contribution in [3.05, 3.63) is 117 Å². The number of aryl methyl sites for hydroxylation is 4. The largest absolute Gasteiger partial charge is 0.371 e. The maximum absolute atomic E-state index is 15.5. The highest BCUT2D eigenvalue weighted by atomic mass is 16.2. The third kappa shape index (κ3) is 6.30. The molecule has 8 nitrogen and oxygen atoms in total. The molecule has 0 saturated carbocycles. The van der Waals surface area contributed by atoms with E-state index in [1.54, 1.807) is 0 Å². The number of para-hydroxylation sites is 2. The number of amides is 4. The van der Waals surface area contributed by atoms with Crippen LogP contribution in [0.2, 0.25) is 0 Å². The zero-order valence-electron chi connectivity index (χ0n) is 39.1. The Morgan fingerprint density at radius 1 is 0.379 bits per heavy atom. The minimum Gasteiger partial charge on any atom is -0.371 e. The van der Waals surface area contributed by atoms with Gasteiger partial charge in [0.2, 0.25) is 0 Å². The molecule has 0 atom stereocenters. The van der Waals surface area contributed by atoms with Gasteiger partial charge < -0.3 is 9.80 Å². The van der Waals surface area contributed by atoms with Gasteiger partial charge in [-0.15, -0.1) is 0 Å². The number of imide groups is 2. The minimum atomic E-state index is -0.286. The fourth-order valence-electron chi connectivity index (χ4n) is 12.3. The Hall–Kier alpha value is -6.28. The van der Waals surface area contributed by atoms with Gasteiger partial charge in [-0.3, -0.25) is 19.2 Å². The van der Waals surface area contributed by atoms with E-state index in [-0.39, 0.29) is 23.6 Å². The minimum absolute atomic E-state index is 0.273. The first-order chi connectivity index (χ1) is 32.3. The normalized spacial score (nSPS) is 16.7. The molecule has 4 heterocycles. The van der Waals surface area contributed by atoms with Crippen molar-refractivity contribution in [1.82, 2.24) is 0 Å². The molecule has 7 aromatic carbocycles. The molecule has 66 heavy (non-hydrogen) atoms. The van der Waals surface area contributed by atoms with Gasteiger partial charge in [-0.1, -0.05) is 102 Å². The Bertz CT molecular complexity index is 2890. The smallest absolute Gasteiger partial charge is 0.266 e. The Labute approximate surface area is 387 Å². The van der Waals surface area contributed by atoms with E-state index < -0.39 is 0 Å². The highest BCUT2D eigenvalue weighted by Crippen LogP contribution is 2.53. The van der Waals surface area contributed by atoms with Crippen LogP contribution in [0.15, 0.2) is 72.8 Å². The van der Waals surface area contributed by atoms with Gasteiger partial charge in [0.25, 0.3) is 23.6 Å². The summed E-state index contributed by atoms with van der Waals surface area (Å²) in [6.45, 7) is 12.0. The van der Waals surface area contributed by atoms with E-state index in [0.717, 1.165) is 193 Å². The summed E-state index contributed by atoms with van der Waals surface area (Å²) in [5, 5.41) is 7.13. The molecule has 0 radical (unpaired) electrons. The van der Waals surface area contributed by atoms with Crippen LogP contribution in [-0.2, 0) is 25.7 Å². The molecule has 0 spiro atoms. The second kappa shape index (κ2) is 16.9. The van der Waals surface area contributed by atoms with Gasteiger partial charge in [0.15, 0.2) is 0 Å². The number of benzene rings is 7. The van der Waals surface area contributed by atoms with Gasteiger partial charge in [-0.25, -0.2) is 9.80 Å². The van der Waals surface area contributed by atoms with Crippen LogP contribution in [0.3, 0.4) is 0 Å². The summed E-state index contributed by atoms with van der Waals surface area (Å²) in [6.07, 6.45) is 13.1. The molecule has 0 aliphatic carbocycles. The number of rotatable bonds is 12. The van der Waals surface area contributed by atoms with Gasteiger partial charge in [0.1, 0.15) is 0 Å². The quantitative estimate of drug-likeness (QED) is 0.0691. The summed E-state index contributed by atoms with van der Waals surface area (Å²) in [6, 6.07) is 24.7. The number of carbonyl (C=O) groups is 4. The maximum atomic E-state index is 15.5. The van der Waals surface area contributed by atoms with E-state index in [9.17, 15) is 0 Å². The molecular weight excluding hydrogens is 817 g/mol. The number of hydrogen-bond acceptors (Lipinski definition) is 6. The summed E-state index contributed by atoms with van der Waals surface area (Å²) < 4.78 is 0. The van der Waals surface area contributed by atoms with Crippen molar-refractivity contribution in [2.24, 2.45) is 0 Å². The van der Waals surface area contributed by atoms with Gasteiger partial charge in [-0.05, 0) is 121 Å². The van der Waals surface area contributed by atoms with Crippen LogP contribution >= 0.6 is 0 Å². The molecule has 0 aromatic heterocycles. The lowest BCUT2D eigenvalue weighted by Gasteiger charge is -2.37. The Morgan fingerprint density at radius 2 is 0.712 bits per heavy atom. The van der Waals surface area contributed by atoms with Crippen molar-refractivity contribution in [1.29, 1.82) is 0 Å². The van der Waals surface area contributed by atoms with Gasteiger partial charge in [0.05, 0.1) is 22.5 Å². The predicted octanol–water partition coefficient (Wildman–Crippen LogP) is 13.1. The van der Waals surface area contributed by atoms with E-state index in [2.05, 4.69) is 98.2 Å². The van der Waals surface area contributed by atoms with Crippen LogP contribution in [0, 0.1) is 0 Å². The number of hydrogen-bond donors (Lipinski definition) is 0. The zero-order chi connectivity index (χ0) is 45.4. The van der Waals surface area contributed by atoms with Crippen LogP contribution < -0.4 is 19.6 Å². The van der Waals surface area contributed by atoms with Crippen molar-refractivity contribution < 1.29 is 19.2 Å². The van der Waals surface area contributed by atoms with Gasteiger partial charge in [0, 0.05) is 81.0 Å². The summed E-state index contributed by atoms with van der Waals surface area (Å²) >= 11 is 0. The van der Waals surface area contributed by atoms with Crippen molar-refractivity contribution in [2.75, 3.05) is 45.8 Å².